The van der Waals surface area contributed by atoms with Crippen LogP contribution < -0.4 is 5.32 Å². The molecule has 0 saturated heterocycles. The molecule has 0 saturated carbocycles. The van der Waals surface area contributed by atoms with Crippen molar-refractivity contribution in [3.05, 3.63) is 29.6 Å². The van der Waals surface area contributed by atoms with E-state index in [0.717, 1.165) is 6.07 Å². The van der Waals surface area contributed by atoms with Gasteiger partial charge in [0.2, 0.25) is 0 Å². The predicted molar refractivity (Wildman–Crippen MR) is 73.7 cm³/mol. The number of rotatable bonds is 4. The van der Waals surface area contributed by atoms with Crippen molar-refractivity contribution in [2.24, 2.45) is 0 Å². The van der Waals surface area contributed by atoms with E-state index < -0.39 is 23.7 Å². The Kier molecular flexibility index (Phi) is 5.64. The second-order valence-electron chi connectivity index (χ2n) is 4.78. The molecule has 0 aliphatic rings. The van der Waals surface area contributed by atoms with Gasteiger partial charge in [0.1, 0.15) is 5.82 Å². The molecule has 1 aromatic rings. The van der Waals surface area contributed by atoms with Gasteiger partial charge in [-0.3, -0.25) is 9.59 Å². The number of nitrogens with one attached hydrogen (secondary N) is 1. The quantitative estimate of drug-likeness (QED) is 0.818. The number of hydrogen-bond acceptors (Lipinski definition) is 3. The molecule has 0 fully saturated rings. The fourth-order valence-corrected chi connectivity index (χ4v) is 1.51. The minimum absolute atomic E-state index is 0.232. The summed E-state index contributed by atoms with van der Waals surface area (Å²) in [5, 5.41) is 11.5. The number of anilines is 1. The first-order valence-electron chi connectivity index (χ1n) is 6.32. The van der Waals surface area contributed by atoms with E-state index >= 15 is 0 Å². The van der Waals surface area contributed by atoms with Gasteiger partial charge in [-0.2, -0.15) is 0 Å². The Balaban J connectivity index is 2.61. The largest absolute Gasteiger partial charge is 0.393 e. The molecule has 1 rings (SSSR count). The molecule has 6 heteroatoms. The summed E-state index contributed by atoms with van der Waals surface area (Å²) in [5.41, 5.74) is 0.693. The number of carbonyl (C=O) groups is 2. The monoisotopic (exact) mass is 282 g/mol. The number of carbonyl (C=O) groups excluding carboxylic acids is 2. The van der Waals surface area contributed by atoms with Gasteiger partial charge in [0.15, 0.2) is 0 Å². The predicted octanol–water partition coefficient (Wildman–Crippen LogP) is 1.30. The molecule has 1 aromatic carbocycles. The van der Waals surface area contributed by atoms with Gasteiger partial charge in [-0.05, 0) is 38.0 Å². The summed E-state index contributed by atoms with van der Waals surface area (Å²) < 4.78 is 13.3. The number of hydrogen-bond donors (Lipinski definition) is 2. The highest BCUT2D eigenvalue weighted by molar-refractivity contribution is 6.39. The summed E-state index contributed by atoms with van der Waals surface area (Å²) in [5.74, 6) is -2.01. The molecule has 5 nitrogen and oxygen atoms in total. The van der Waals surface area contributed by atoms with E-state index in [1.54, 1.807) is 13.8 Å². The first-order valence-corrected chi connectivity index (χ1v) is 6.32. The highest BCUT2D eigenvalue weighted by atomic mass is 19.1. The Morgan fingerprint density at radius 2 is 2.10 bits per heavy atom. The van der Waals surface area contributed by atoms with E-state index in [1.165, 1.54) is 24.1 Å². The van der Waals surface area contributed by atoms with Crippen LogP contribution in [0.25, 0.3) is 0 Å². The summed E-state index contributed by atoms with van der Waals surface area (Å²) in [6, 6.07) is 4.21. The first-order chi connectivity index (χ1) is 9.31. The summed E-state index contributed by atoms with van der Waals surface area (Å²) in [7, 11) is 1.47. The van der Waals surface area contributed by atoms with Gasteiger partial charge in [0, 0.05) is 19.3 Å². The van der Waals surface area contributed by atoms with Crippen molar-refractivity contribution in [1.29, 1.82) is 0 Å². The second kappa shape index (κ2) is 7.00. The Hall–Kier alpha value is -1.95. The van der Waals surface area contributed by atoms with E-state index in [2.05, 4.69) is 5.32 Å². The van der Waals surface area contributed by atoms with E-state index in [4.69, 9.17) is 5.11 Å². The Morgan fingerprint density at radius 3 is 2.65 bits per heavy atom. The molecule has 0 radical (unpaired) electrons. The molecule has 0 bridgehead atoms. The van der Waals surface area contributed by atoms with Crippen LogP contribution in [0.15, 0.2) is 18.2 Å². The van der Waals surface area contributed by atoms with Crippen molar-refractivity contribution in [1.82, 2.24) is 4.90 Å². The van der Waals surface area contributed by atoms with Crippen LogP contribution in [0.2, 0.25) is 0 Å². The van der Waals surface area contributed by atoms with Crippen molar-refractivity contribution in [2.75, 3.05) is 18.9 Å². The zero-order valence-corrected chi connectivity index (χ0v) is 11.8. The average Bonchev–Trinajstić information content (AvgIpc) is 2.39. The molecule has 1 unspecified atom stereocenters. The van der Waals surface area contributed by atoms with Crippen LogP contribution in [-0.2, 0) is 9.59 Å². The SMILES string of the molecule is Cc1ccc(NC(=O)C(=O)N(C)CCC(C)O)cc1F. The zero-order chi connectivity index (χ0) is 15.3. The maximum Gasteiger partial charge on any atom is 0.313 e. The van der Waals surface area contributed by atoms with Crippen molar-refractivity contribution >= 4 is 17.5 Å². The van der Waals surface area contributed by atoms with E-state index in [1.807, 2.05) is 0 Å². The van der Waals surface area contributed by atoms with E-state index in [0.29, 0.717) is 12.0 Å². The fourth-order valence-electron chi connectivity index (χ4n) is 1.51. The number of halogens is 1. The molecule has 20 heavy (non-hydrogen) atoms. The smallest absolute Gasteiger partial charge is 0.313 e. The summed E-state index contributed by atoms with van der Waals surface area (Å²) in [6.07, 6.45) is -0.159. The Labute approximate surface area is 117 Å². The first kappa shape index (κ1) is 16.1. The zero-order valence-electron chi connectivity index (χ0n) is 11.8. The number of nitrogens with zero attached hydrogens (tertiary/aromatic N) is 1. The molecule has 1 atom stereocenters. The lowest BCUT2D eigenvalue weighted by molar-refractivity contribution is -0.142. The van der Waals surface area contributed by atoms with Gasteiger partial charge >= 0.3 is 11.8 Å². The lowest BCUT2D eigenvalue weighted by Crippen LogP contribution is -2.38. The van der Waals surface area contributed by atoms with Gasteiger partial charge in [-0.1, -0.05) is 6.07 Å². The molecular formula is C14H19FN2O3. The molecule has 0 aromatic heterocycles. The maximum absolute atomic E-state index is 13.3. The molecule has 0 aliphatic heterocycles. The van der Waals surface area contributed by atoms with Crippen LogP contribution in [0.3, 0.4) is 0 Å². The average molecular weight is 282 g/mol. The molecule has 2 amide bonds. The van der Waals surface area contributed by atoms with E-state index in [9.17, 15) is 14.0 Å². The Morgan fingerprint density at radius 1 is 1.45 bits per heavy atom. The third-order valence-electron chi connectivity index (χ3n) is 2.85. The van der Waals surface area contributed by atoms with Gasteiger partial charge in [-0.25, -0.2) is 4.39 Å². The molecule has 110 valence electrons. The third kappa shape index (κ3) is 4.62. The van der Waals surface area contributed by atoms with Gasteiger partial charge < -0.3 is 15.3 Å². The second-order valence-corrected chi connectivity index (χ2v) is 4.78. The summed E-state index contributed by atoms with van der Waals surface area (Å²) in [6.45, 7) is 3.48. The normalized spacial score (nSPS) is 11.8. The molecule has 0 heterocycles. The van der Waals surface area contributed by atoms with Crippen LogP contribution in [0.1, 0.15) is 18.9 Å². The number of benzene rings is 1. The molecule has 0 aliphatic carbocycles. The maximum atomic E-state index is 13.3. The van der Waals surface area contributed by atoms with E-state index in [-0.39, 0.29) is 12.2 Å². The van der Waals surface area contributed by atoms with Crippen molar-refractivity contribution < 1.29 is 19.1 Å². The van der Waals surface area contributed by atoms with Crippen LogP contribution in [-0.4, -0.2) is 41.5 Å². The minimum Gasteiger partial charge on any atom is -0.393 e. The lowest BCUT2D eigenvalue weighted by atomic mass is 10.2. The van der Waals surface area contributed by atoms with Crippen molar-refractivity contribution in [3.8, 4) is 0 Å². The minimum atomic E-state index is -0.832. The van der Waals surface area contributed by atoms with Crippen LogP contribution >= 0.6 is 0 Å². The number of aryl methyl sites for hydroxylation is 1. The fraction of sp³-hybridized carbons (Fsp3) is 0.429. The van der Waals surface area contributed by atoms with Crippen molar-refractivity contribution in [3.63, 3.8) is 0 Å². The lowest BCUT2D eigenvalue weighted by Gasteiger charge is -2.17. The van der Waals surface area contributed by atoms with Gasteiger partial charge in [0.25, 0.3) is 0 Å². The molecule has 0 spiro atoms. The number of likely N-dealkylation sites (N-methyl/N-ethyl adjacent to an activating group) is 1. The Bertz CT molecular complexity index is 503. The number of aliphatic hydroxyl groups excluding tert-OH is 1. The molecule has 2 N–H and O–H groups in total. The van der Waals surface area contributed by atoms with Crippen LogP contribution in [0.4, 0.5) is 10.1 Å². The number of aliphatic hydroxyl groups is 1. The summed E-state index contributed by atoms with van der Waals surface area (Å²) >= 11 is 0. The highest BCUT2D eigenvalue weighted by Gasteiger charge is 2.19. The topological polar surface area (TPSA) is 69.6 Å². The molecular weight excluding hydrogens is 263 g/mol. The summed E-state index contributed by atoms with van der Waals surface area (Å²) in [4.78, 5) is 24.7. The van der Waals surface area contributed by atoms with Crippen LogP contribution in [0, 0.1) is 12.7 Å². The standard InChI is InChI=1S/C14H19FN2O3/c1-9-4-5-11(8-12(9)15)16-13(19)14(20)17(3)7-6-10(2)18/h4-5,8,10,18H,6-7H2,1-3H3,(H,16,19). The highest BCUT2D eigenvalue weighted by Crippen LogP contribution is 2.13. The number of amides is 2. The third-order valence-corrected chi connectivity index (χ3v) is 2.85. The van der Waals surface area contributed by atoms with Crippen molar-refractivity contribution in [2.45, 2.75) is 26.4 Å². The van der Waals surface area contributed by atoms with Gasteiger partial charge in [-0.15, -0.1) is 0 Å². The van der Waals surface area contributed by atoms with Gasteiger partial charge in [0.05, 0.1) is 6.10 Å². The van der Waals surface area contributed by atoms with Crippen LogP contribution in [0.5, 0.6) is 0 Å².